The molecule has 3 aromatic rings. The molecule has 3 rings (SSSR count). The van der Waals surface area contributed by atoms with Crippen LogP contribution < -0.4 is 26.0 Å². The van der Waals surface area contributed by atoms with Crippen LogP contribution in [-0.4, -0.2) is 29.7 Å². The van der Waals surface area contributed by atoms with E-state index in [1.807, 2.05) is 0 Å². The minimum Gasteiger partial charge on any atom is -0.497 e. The lowest BCUT2D eigenvalue weighted by atomic mass is 10.2. The van der Waals surface area contributed by atoms with Gasteiger partial charge in [0.15, 0.2) is 0 Å². The number of carbonyl (C=O) groups is 1. The second-order valence-corrected chi connectivity index (χ2v) is 6.08. The quantitative estimate of drug-likeness (QED) is 0.683. The fraction of sp³-hybridized carbons (Fsp3) is 0.105. The highest BCUT2D eigenvalue weighted by atomic mass is 35.5. The van der Waals surface area contributed by atoms with Gasteiger partial charge in [-0.15, -0.1) is 0 Å². The lowest BCUT2D eigenvalue weighted by molar-refractivity contribution is 0.102. The zero-order chi connectivity index (χ0) is 20.3. The van der Waals surface area contributed by atoms with Crippen molar-refractivity contribution in [3.05, 3.63) is 80.1 Å². The van der Waals surface area contributed by atoms with E-state index in [9.17, 15) is 14.4 Å². The molecular formula is C19H16ClN3O5. The van der Waals surface area contributed by atoms with Crippen molar-refractivity contribution in [1.82, 2.24) is 9.55 Å². The van der Waals surface area contributed by atoms with E-state index < -0.39 is 17.2 Å². The number of anilines is 1. The van der Waals surface area contributed by atoms with Gasteiger partial charge in [-0.3, -0.25) is 9.59 Å². The zero-order valence-electron chi connectivity index (χ0n) is 15.0. The van der Waals surface area contributed by atoms with E-state index in [0.29, 0.717) is 27.9 Å². The van der Waals surface area contributed by atoms with Crippen molar-refractivity contribution in [2.24, 2.45) is 0 Å². The topological polar surface area (TPSA) is 102 Å². The Hall–Kier alpha value is -3.52. The second kappa shape index (κ2) is 8.01. The highest BCUT2D eigenvalue weighted by molar-refractivity contribution is 6.31. The van der Waals surface area contributed by atoms with Gasteiger partial charge in [-0.1, -0.05) is 11.6 Å². The Balaban J connectivity index is 2.01. The van der Waals surface area contributed by atoms with Gasteiger partial charge in [-0.25, -0.2) is 9.36 Å². The number of nitrogens with zero attached hydrogens (tertiary/aromatic N) is 1. The van der Waals surface area contributed by atoms with E-state index in [-0.39, 0.29) is 5.56 Å². The Morgan fingerprint density at radius 1 is 1.07 bits per heavy atom. The SMILES string of the molecule is COc1ccc(-n2c(=O)[nH]cc(C(=O)Nc3cc(Cl)ccc3OC)c2=O)cc1. The van der Waals surface area contributed by atoms with E-state index in [4.69, 9.17) is 21.1 Å². The summed E-state index contributed by atoms with van der Waals surface area (Å²) in [6, 6.07) is 11.0. The van der Waals surface area contributed by atoms with Gasteiger partial charge in [0.2, 0.25) is 0 Å². The van der Waals surface area contributed by atoms with Crippen LogP contribution in [0.3, 0.4) is 0 Å². The molecule has 0 spiro atoms. The monoisotopic (exact) mass is 401 g/mol. The Kier molecular flexibility index (Phi) is 5.51. The van der Waals surface area contributed by atoms with Gasteiger partial charge in [0.05, 0.1) is 25.6 Å². The maximum Gasteiger partial charge on any atom is 0.333 e. The first-order valence-electron chi connectivity index (χ1n) is 8.08. The predicted molar refractivity (Wildman–Crippen MR) is 105 cm³/mol. The van der Waals surface area contributed by atoms with Gasteiger partial charge >= 0.3 is 5.69 Å². The molecule has 1 heterocycles. The Bertz CT molecular complexity index is 1140. The van der Waals surface area contributed by atoms with Crippen molar-refractivity contribution in [2.45, 2.75) is 0 Å². The average molecular weight is 402 g/mol. The molecule has 0 bridgehead atoms. The van der Waals surface area contributed by atoms with E-state index in [2.05, 4.69) is 10.3 Å². The van der Waals surface area contributed by atoms with Crippen molar-refractivity contribution >= 4 is 23.2 Å². The first-order chi connectivity index (χ1) is 13.4. The Morgan fingerprint density at radius 3 is 2.43 bits per heavy atom. The largest absolute Gasteiger partial charge is 0.497 e. The van der Waals surface area contributed by atoms with Crippen LogP contribution in [0.15, 0.2) is 58.3 Å². The molecule has 1 amide bonds. The normalized spacial score (nSPS) is 10.4. The van der Waals surface area contributed by atoms with Gasteiger partial charge in [0, 0.05) is 11.2 Å². The van der Waals surface area contributed by atoms with Gasteiger partial charge in [-0.05, 0) is 42.5 Å². The number of H-pyrrole nitrogens is 1. The summed E-state index contributed by atoms with van der Waals surface area (Å²) in [6.45, 7) is 0. The molecule has 0 fully saturated rings. The number of aromatic nitrogens is 2. The first kappa shape index (κ1) is 19.2. The summed E-state index contributed by atoms with van der Waals surface area (Å²) in [5.41, 5.74) is -1.11. The van der Waals surface area contributed by atoms with Gasteiger partial charge in [0.25, 0.3) is 11.5 Å². The molecule has 0 aliphatic carbocycles. The van der Waals surface area contributed by atoms with E-state index >= 15 is 0 Å². The molecule has 9 heteroatoms. The fourth-order valence-corrected chi connectivity index (χ4v) is 2.74. The number of hydrogen-bond acceptors (Lipinski definition) is 5. The Morgan fingerprint density at radius 2 is 1.79 bits per heavy atom. The number of ether oxygens (including phenoxy) is 2. The molecule has 0 unspecified atom stereocenters. The summed E-state index contributed by atoms with van der Waals surface area (Å²) in [5, 5.41) is 2.95. The smallest absolute Gasteiger partial charge is 0.333 e. The summed E-state index contributed by atoms with van der Waals surface area (Å²) in [7, 11) is 2.94. The van der Waals surface area contributed by atoms with Crippen molar-refractivity contribution < 1.29 is 14.3 Å². The maximum absolute atomic E-state index is 12.8. The van der Waals surface area contributed by atoms with Crippen LogP contribution in [0.25, 0.3) is 5.69 Å². The number of methoxy groups -OCH3 is 2. The van der Waals surface area contributed by atoms with Gasteiger partial charge < -0.3 is 19.8 Å². The fourth-order valence-electron chi connectivity index (χ4n) is 2.57. The number of nitrogens with one attached hydrogen (secondary N) is 2. The third kappa shape index (κ3) is 3.77. The molecule has 0 radical (unpaired) electrons. The molecule has 0 saturated carbocycles. The van der Waals surface area contributed by atoms with Crippen molar-refractivity contribution in [1.29, 1.82) is 0 Å². The van der Waals surface area contributed by atoms with Crippen LogP contribution in [-0.2, 0) is 0 Å². The third-order valence-corrected chi connectivity index (χ3v) is 4.20. The lowest BCUT2D eigenvalue weighted by Crippen LogP contribution is -2.38. The second-order valence-electron chi connectivity index (χ2n) is 5.64. The van der Waals surface area contributed by atoms with Crippen LogP contribution in [0.4, 0.5) is 5.69 Å². The Labute approximate surface area is 164 Å². The summed E-state index contributed by atoms with van der Waals surface area (Å²) < 4.78 is 11.1. The zero-order valence-corrected chi connectivity index (χ0v) is 15.7. The van der Waals surface area contributed by atoms with Crippen LogP contribution in [0, 0.1) is 0 Å². The molecule has 0 atom stereocenters. The lowest BCUT2D eigenvalue weighted by Gasteiger charge is -2.11. The molecule has 8 nitrogen and oxygen atoms in total. The number of aromatic amines is 1. The van der Waals surface area contributed by atoms with Crippen molar-refractivity contribution in [3.8, 4) is 17.2 Å². The first-order valence-corrected chi connectivity index (χ1v) is 8.46. The van der Waals surface area contributed by atoms with Crippen molar-refractivity contribution in [3.63, 3.8) is 0 Å². The molecular weight excluding hydrogens is 386 g/mol. The van der Waals surface area contributed by atoms with Crippen LogP contribution >= 0.6 is 11.6 Å². The number of amides is 1. The molecule has 0 aliphatic heterocycles. The van der Waals surface area contributed by atoms with Gasteiger partial charge in [-0.2, -0.15) is 0 Å². The van der Waals surface area contributed by atoms with E-state index in [1.165, 1.54) is 32.4 Å². The number of hydrogen-bond donors (Lipinski definition) is 2. The molecule has 144 valence electrons. The molecule has 2 N–H and O–H groups in total. The standard InChI is InChI=1S/C19H16ClN3O5/c1-27-13-6-4-12(5-7-13)23-18(25)14(10-21-19(23)26)17(24)22-15-9-11(20)3-8-16(15)28-2/h3-10H,1-2H3,(H,21,26)(H,22,24). The summed E-state index contributed by atoms with van der Waals surface area (Å²) in [6.07, 6.45) is 1.07. The van der Waals surface area contributed by atoms with Crippen LogP contribution in [0.1, 0.15) is 10.4 Å². The number of halogens is 1. The maximum atomic E-state index is 12.8. The third-order valence-electron chi connectivity index (χ3n) is 3.96. The van der Waals surface area contributed by atoms with E-state index in [1.54, 1.807) is 24.3 Å². The number of carbonyl (C=O) groups excluding carboxylic acids is 1. The highest BCUT2D eigenvalue weighted by Gasteiger charge is 2.17. The predicted octanol–water partition coefficient (Wildman–Crippen LogP) is 2.45. The minimum absolute atomic E-state index is 0.252. The average Bonchev–Trinajstić information content (AvgIpc) is 2.68. The summed E-state index contributed by atoms with van der Waals surface area (Å²) >= 11 is 5.95. The van der Waals surface area contributed by atoms with Crippen molar-refractivity contribution in [2.75, 3.05) is 19.5 Å². The highest BCUT2D eigenvalue weighted by Crippen LogP contribution is 2.27. The molecule has 0 aliphatic rings. The number of rotatable bonds is 5. The van der Waals surface area contributed by atoms with E-state index in [0.717, 1.165) is 10.8 Å². The van der Waals surface area contributed by atoms with Crippen LogP contribution in [0.5, 0.6) is 11.5 Å². The molecule has 1 aromatic heterocycles. The molecule has 0 saturated heterocycles. The number of benzene rings is 2. The van der Waals surface area contributed by atoms with Gasteiger partial charge in [0.1, 0.15) is 17.1 Å². The minimum atomic E-state index is -0.771. The summed E-state index contributed by atoms with van der Waals surface area (Å²) in [4.78, 5) is 40.0. The van der Waals surface area contributed by atoms with Crippen LogP contribution in [0.2, 0.25) is 5.02 Å². The summed E-state index contributed by atoms with van der Waals surface area (Å²) in [5.74, 6) is 0.219. The molecule has 2 aromatic carbocycles. The molecule has 28 heavy (non-hydrogen) atoms.